The highest BCUT2D eigenvalue weighted by Crippen LogP contribution is 2.31. The third kappa shape index (κ3) is 4.89. The molecule has 162 valence electrons. The Hall–Kier alpha value is -2.90. The second kappa shape index (κ2) is 9.08. The van der Waals surface area contributed by atoms with E-state index in [2.05, 4.69) is 53.0 Å². The van der Waals surface area contributed by atoms with Crippen LogP contribution in [0.2, 0.25) is 0 Å². The number of nitrogens with one attached hydrogen (secondary N) is 1. The lowest BCUT2D eigenvalue weighted by Crippen LogP contribution is -2.48. The SMILES string of the molecule is Cc1cc(C)c(-c2csc(NC(=O)CN3CCN(c4ccccc4O)CC3)n2)c(C)c1. The summed E-state index contributed by atoms with van der Waals surface area (Å²) in [7, 11) is 0. The van der Waals surface area contributed by atoms with E-state index in [0.717, 1.165) is 43.1 Å². The number of benzene rings is 2. The van der Waals surface area contributed by atoms with E-state index >= 15 is 0 Å². The van der Waals surface area contributed by atoms with Crippen LogP contribution in [-0.2, 0) is 4.79 Å². The number of aromatic hydroxyl groups is 1. The number of carbonyl (C=O) groups is 1. The lowest BCUT2D eigenvalue weighted by Gasteiger charge is -2.35. The van der Waals surface area contributed by atoms with Gasteiger partial charge in [-0.25, -0.2) is 4.98 Å². The van der Waals surface area contributed by atoms with Gasteiger partial charge >= 0.3 is 0 Å². The molecule has 1 amide bonds. The summed E-state index contributed by atoms with van der Waals surface area (Å²) in [6.07, 6.45) is 0. The van der Waals surface area contributed by atoms with Crippen molar-refractivity contribution in [1.82, 2.24) is 9.88 Å². The van der Waals surface area contributed by atoms with Gasteiger partial charge in [-0.15, -0.1) is 11.3 Å². The van der Waals surface area contributed by atoms with Crippen molar-refractivity contribution >= 4 is 28.1 Å². The van der Waals surface area contributed by atoms with Gasteiger partial charge in [0.15, 0.2) is 5.13 Å². The van der Waals surface area contributed by atoms with Crippen molar-refractivity contribution in [3.63, 3.8) is 0 Å². The van der Waals surface area contributed by atoms with Gasteiger partial charge in [-0.2, -0.15) is 0 Å². The van der Waals surface area contributed by atoms with Crippen LogP contribution in [0.15, 0.2) is 41.8 Å². The van der Waals surface area contributed by atoms with Gasteiger partial charge in [-0.1, -0.05) is 29.8 Å². The average Bonchev–Trinajstić information content (AvgIpc) is 3.16. The highest BCUT2D eigenvalue weighted by Gasteiger charge is 2.21. The Morgan fingerprint density at radius 3 is 2.45 bits per heavy atom. The van der Waals surface area contributed by atoms with Gasteiger partial charge in [0, 0.05) is 37.1 Å². The predicted octanol–water partition coefficient (Wildman–Crippen LogP) is 4.20. The van der Waals surface area contributed by atoms with Crippen molar-refractivity contribution in [1.29, 1.82) is 0 Å². The first-order chi connectivity index (χ1) is 14.9. The first kappa shape index (κ1) is 21.3. The molecule has 3 aromatic rings. The fraction of sp³-hybridized carbons (Fsp3) is 0.333. The van der Waals surface area contributed by atoms with Crippen LogP contribution in [0, 0.1) is 20.8 Å². The molecular weight excluding hydrogens is 408 g/mol. The lowest BCUT2D eigenvalue weighted by molar-refractivity contribution is -0.117. The number of phenols is 1. The van der Waals surface area contributed by atoms with Crippen molar-refractivity contribution < 1.29 is 9.90 Å². The summed E-state index contributed by atoms with van der Waals surface area (Å²) in [6.45, 7) is 9.73. The standard InChI is InChI=1S/C24H28N4O2S/c1-16-12-17(2)23(18(3)13-16)19-15-31-24(25-19)26-22(30)14-27-8-10-28(11-9-27)20-6-4-5-7-21(20)29/h4-7,12-13,15,29H,8-11,14H2,1-3H3,(H,25,26,30). The Balaban J connectivity index is 1.33. The molecule has 0 radical (unpaired) electrons. The monoisotopic (exact) mass is 436 g/mol. The zero-order valence-corrected chi connectivity index (χ0v) is 19.0. The number of aromatic nitrogens is 1. The number of rotatable bonds is 5. The van der Waals surface area contributed by atoms with Crippen LogP contribution in [0.3, 0.4) is 0 Å². The van der Waals surface area contributed by atoms with E-state index in [9.17, 15) is 9.90 Å². The molecule has 0 aliphatic carbocycles. The normalized spacial score (nSPS) is 14.6. The summed E-state index contributed by atoms with van der Waals surface area (Å²) < 4.78 is 0. The van der Waals surface area contributed by atoms with Crippen LogP contribution in [0.1, 0.15) is 16.7 Å². The van der Waals surface area contributed by atoms with Crippen LogP contribution in [-0.4, -0.2) is 53.6 Å². The Morgan fingerprint density at radius 2 is 1.77 bits per heavy atom. The minimum atomic E-state index is -0.0470. The quantitative estimate of drug-likeness (QED) is 0.627. The smallest absolute Gasteiger partial charge is 0.240 e. The Kier molecular flexibility index (Phi) is 6.25. The molecule has 4 rings (SSSR count). The minimum absolute atomic E-state index is 0.0470. The summed E-state index contributed by atoms with van der Waals surface area (Å²) in [4.78, 5) is 21.5. The predicted molar refractivity (Wildman–Crippen MR) is 127 cm³/mol. The number of phenolic OH excluding ortho intramolecular Hbond substituents is 1. The van der Waals surface area contributed by atoms with Gasteiger partial charge in [0.05, 0.1) is 17.9 Å². The summed E-state index contributed by atoms with van der Waals surface area (Å²) in [5, 5.41) is 15.6. The topological polar surface area (TPSA) is 68.7 Å². The van der Waals surface area contributed by atoms with Crippen molar-refractivity contribution in [2.75, 3.05) is 42.9 Å². The molecule has 1 aliphatic rings. The molecule has 2 heterocycles. The van der Waals surface area contributed by atoms with Crippen LogP contribution >= 0.6 is 11.3 Å². The van der Waals surface area contributed by atoms with Crippen molar-refractivity contribution in [2.45, 2.75) is 20.8 Å². The fourth-order valence-electron chi connectivity index (χ4n) is 4.27. The Bertz CT molecular complexity index is 1060. The second-order valence-electron chi connectivity index (χ2n) is 8.11. The minimum Gasteiger partial charge on any atom is -0.506 e. The molecular formula is C24H28N4O2S. The molecule has 0 bridgehead atoms. The van der Waals surface area contributed by atoms with Gasteiger partial charge in [-0.3, -0.25) is 9.69 Å². The highest BCUT2D eigenvalue weighted by molar-refractivity contribution is 7.14. The van der Waals surface area contributed by atoms with Gasteiger partial charge in [0.1, 0.15) is 5.75 Å². The summed E-state index contributed by atoms with van der Waals surface area (Å²) in [5.74, 6) is 0.251. The largest absolute Gasteiger partial charge is 0.506 e. The number of amides is 1. The molecule has 0 saturated carbocycles. The van der Waals surface area contributed by atoms with Crippen LogP contribution in [0.5, 0.6) is 5.75 Å². The third-order valence-corrected chi connectivity index (χ3v) is 6.40. The van der Waals surface area contributed by atoms with Gasteiger partial charge in [0.25, 0.3) is 0 Å². The molecule has 1 aromatic heterocycles. The summed E-state index contributed by atoms with van der Waals surface area (Å²) >= 11 is 1.46. The van der Waals surface area contributed by atoms with E-state index in [1.165, 1.54) is 28.0 Å². The number of anilines is 2. The molecule has 1 fully saturated rings. The number of piperazine rings is 1. The number of hydrogen-bond acceptors (Lipinski definition) is 6. The van der Waals surface area contributed by atoms with Crippen LogP contribution < -0.4 is 10.2 Å². The molecule has 31 heavy (non-hydrogen) atoms. The first-order valence-electron chi connectivity index (χ1n) is 10.5. The van der Waals surface area contributed by atoms with Gasteiger partial charge < -0.3 is 15.3 Å². The van der Waals surface area contributed by atoms with E-state index in [1.54, 1.807) is 6.07 Å². The zero-order valence-electron chi connectivity index (χ0n) is 18.2. The molecule has 1 saturated heterocycles. The number of aryl methyl sites for hydroxylation is 3. The van der Waals surface area contributed by atoms with Gasteiger partial charge in [-0.05, 0) is 44.0 Å². The average molecular weight is 437 g/mol. The van der Waals surface area contributed by atoms with E-state index in [-0.39, 0.29) is 5.91 Å². The summed E-state index contributed by atoms with van der Waals surface area (Å²) in [6, 6.07) is 11.7. The Labute approximate surface area is 187 Å². The maximum Gasteiger partial charge on any atom is 0.240 e. The summed E-state index contributed by atoms with van der Waals surface area (Å²) in [5.41, 5.74) is 6.54. The van der Waals surface area contributed by atoms with E-state index in [1.807, 2.05) is 23.6 Å². The van der Waals surface area contributed by atoms with Crippen molar-refractivity contribution in [3.05, 3.63) is 58.5 Å². The fourth-order valence-corrected chi connectivity index (χ4v) is 4.99. The number of para-hydroxylation sites is 2. The molecule has 1 aliphatic heterocycles. The molecule has 0 spiro atoms. The second-order valence-corrected chi connectivity index (χ2v) is 8.97. The number of nitrogens with zero attached hydrogens (tertiary/aromatic N) is 3. The molecule has 0 atom stereocenters. The van der Waals surface area contributed by atoms with Crippen molar-refractivity contribution in [2.24, 2.45) is 0 Å². The third-order valence-electron chi connectivity index (χ3n) is 5.65. The molecule has 0 unspecified atom stereocenters. The Morgan fingerprint density at radius 1 is 1.10 bits per heavy atom. The zero-order chi connectivity index (χ0) is 22.0. The number of thiazole rings is 1. The van der Waals surface area contributed by atoms with Crippen LogP contribution in [0.25, 0.3) is 11.3 Å². The van der Waals surface area contributed by atoms with Gasteiger partial charge in [0.2, 0.25) is 5.91 Å². The maximum atomic E-state index is 12.6. The molecule has 7 heteroatoms. The van der Waals surface area contributed by atoms with E-state index < -0.39 is 0 Å². The molecule has 6 nitrogen and oxygen atoms in total. The maximum absolute atomic E-state index is 12.6. The number of carbonyl (C=O) groups excluding carboxylic acids is 1. The van der Waals surface area contributed by atoms with E-state index in [0.29, 0.717) is 17.4 Å². The first-order valence-corrected chi connectivity index (χ1v) is 11.4. The number of hydrogen-bond donors (Lipinski definition) is 2. The van der Waals surface area contributed by atoms with Crippen LogP contribution in [0.4, 0.5) is 10.8 Å². The lowest BCUT2D eigenvalue weighted by atomic mass is 9.98. The highest BCUT2D eigenvalue weighted by atomic mass is 32.1. The van der Waals surface area contributed by atoms with E-state index in [4.69, 9.17) is 0 Å². The van der Waals surface area contributed by atoms with Crippen molar-refractivity contribution in [3.8, 4) is 17.0 Å². The molecule has 2 N–H and O–H groups in total. The molecule has 2 aromatic carbocycles.